The van der Waals surface area contributed by atoms with Crippen molar-refractivity contribution < 1.29 is 4.42 Å². The van der Waals surface area contributed by atoms with E-state index >= 15 is 0 Å². The van der Waals surface area contributed by atoms with Crippen molar-refractivity contribution >= 4 is 65.3 Å². The summed E-state index contributed by atoms with van der Waals surface area (Å²) in [5.41, 5.74) is 10.1. The van der Waals surface area contributed by atoms with E-state index in [-0.39, 0.29) is 0 Å². The van der Waals surface area contributed by atoms with E-state index in [1.165, 1.54) is 22.1 Å². The highest BCUT2D eigenvalue weighted by atomic mass is 16.3. The van der Waals surface area contributed by atoms with Gasteiger partial charge in [-0.15, -0.1) is 0 Å². The Hall–Kier alpha value is -7.89. The Kier molecular flexibility index (Phi) is 7.16. The SMILES string of the molecule is c1ccc(-c2ccccc2-c2ccc(-c3nc(-c4c5ccccc5cc5oc6ccccc6c45)nc(-n4c5ccccc5c5cc6ccccc6cc54)n3)cc2)cc1. The molecule has 0 unspecified atom stereocenters. The van der Waals surface area contributed by atoms with E-state index < -0.39 is 0 Å². The van der Waals surface area contributed by atoms with Crippen LogP contribution in [0.4, 0.5) is 0 Å². The molecule has 0 spiro atoms. The maximum Gasteiger partial charge on any atom is 0.238 e. The van der Waals surface area contributed by atoms with Crippen molar-refractivity contribution in [3.8, 4) is 51.0 Å². The molecule has 3 heterocycles. The van der Waals surface area contributed by atoms with Gasteiger partial charge in [0.05, 0.1) is 11.0 Å². The molecule has 5 heteroatoms. The lowest BCUT2D eigenvalue weighted by Gasteiger charge is -2.14. The number of para-hydroxylation sites is 2. The van der Waals surface area contributed by atoms with Crippen LogP contribution in [0.1, 0.15) is 0 Å². The van der Waals surface area contributed by atoms with Crippen LogP contribution in [-0.4, -0.2) is 19.5 Å². The molecule has 12 rings (SSSR count). The molecule has 270 valence electrons. The van der Waals surface area contributed by atoms with Crippen molar-refractivity contribution in [1.82, 2.24) is 19.5 Å². The summed E-state index contributed by atoms with van der Waals surface area (Å²) in [6, 6.07) is 68.0. The minimum atomic E-state index is 0.550. The Labute approximate surface area is 333 Å². The van der Waals surface area contributed by atoms with Crippen LogP contribution in [0.5, 0.6) is 0 Å². The summed E-state index contributed by atoms with van der Waals surface area (Å²) in [5, 5.41) is 8.73. The van der Waals surface area contributed by atoms with Gasteiger partial charge >= 0.3 is 0 Å². The molecular weight excluding hydrogens is 709 g/mol. The first-order chi connectivity index (χ1) is 28.7. The molecule has 0 N–H and O–H groups in total. The van der Waals surface area contributed by atoms with E-state index in [9.17, 15) is 0 Å². The summed E-state index contributed by atoms with van der Waals surface area (Å²) in [6.45, 7) is 0. The number of fused-ring (bicyclic) bond motifs is 8. The second-order valence-corrected chi connectivity index (χ2v) is 14.8. The van der Waals surface area contributed by atoms with Crippen molar-refractivity contribution in [2.24, 2.45) is 0 Å². The average molecular weight is 741 g/mol. The molecule has 0 fully saturated rings. The number of benzene rings is 9. The van der Waals surface area contributed by atoms with Gasteiger partial charge in [-0.2, -0.15) is 9.97 Å². The molecule has 0 radical (unpaired) electrons. The summed E-state index contributed by atoms with van der Waals surface area (Å²) >= 11 is 0. The third-order valence-electron chi connectivity index (χ3n) is 11.4. The monoisotopic (exact) mass is 740 g/mol. The fourth-order valence-corrected chi connectivity index (χ4v) is 8.76. The summed E-state index contributed by atoms with van der Waals surface area (Å²) in [6.07, 6.45) is 0. The van der Waals surface area contributed by atoms with Crippen molar-refractivity contribution in [2.45, 2.75) is 0 Å². The summed E-state index contributed by atoms with van der Waals surface area (Å²) in [7, 11) is 0. The van der Waals surface area contributed by atoms with Gasteiger partial charge < -0.3 is 4.42 Å². The van der Waals surface area contributed by atoms with Gasteiger partial charge in [-0.05, 0) is 74.1 Å². The van der Waals surface area contributed by atoms with Gasteiger partial charge in [0.2, 0.25) is 5.95 Å². The third kappa shape index (κ3) is 5.07. The molecule has 3 aromatic heterocycles. The molecule has 12 aromatic rings. The van der Waals surface area contributed by atoms with Gasteiger partial charge in [0.15, 0.2) is 11.6 Å². The van der Waals surface area contributed by atoms with Crippen LogP contribution in [-0.2, 0) is 0 Å². The maximum absolute atomic E-state index is 6.52. The van der Waals surface area contributed by atoms with Crippen molar-refractivity contribution in [3.05, 3.63) is 194 Å². The second-order valence-electron chi connectivity index (χ2n) is 14.8. The van der Waals surface area contributed by atoms with Gasteiger partial charge in [-0.25, -0.2) is 4.98 Å². The number of hydrogen-bond donors (Lipinski definition) is 0. The lowest BCUT2D eigenvalue weighted by atomic mass is 9.94. The average Bonchev–Trinajstić information content (AvgIpc) is 3.82. The van der Waals surface area contributed by atoms with E-state index in [0.29, 0.717) is 17.6 Å². The van der Waals surface area contributed by atoms with Crippen molar-refractivity contribution in [2.75, 3.05) is 0 Å². The van der Waals surface area contributed by atoms with E-state index in [0.717, 1.165) is 76.6 Å². The van der Waals surface area contributed by atoms with Crippen LogP contribution in [0.2, 0.25) is 0 Å². The van der Waals surface area contributed by atoms with Gasteiger partial charge in [-0.3, -0.25) is 4.57 Å². The number of furan rings is 1. The van der Waals surface area contributed by atoms with Crippen LogP contribution in [0, 0.1) is 0 Å². The summed E-state index contributed by atoms with van der Waals surface area (Å²) < 4.78 is 8.72. The maximum atomic E-state index is 6.52. The van der Waals surface area contributed by atoms with Crippen molar-refractivity contribution in [1.29, 1.82) is 0 Å². The lowest BCUT2D eigenvalue weighted by Crippen LogP contribution is -2.07. The van der Waals surface area contributed by atoms with E-state index in [1.54, 1.807) is 0 Å². The van der Waals surface area contributed by atoms with Crippen LogP contribution < -0.4 is 0 Å². The van der Waals surface area contributed by atoms with E-state index in [2.05, 4.69) is 187 Å². The second kappa shape index (κ2) is 12.8. The predicted molar refractivity (Wildman–Crippen MR) is 238 cm³/mol. The zero-order valence-corrected chi connectivity index (χ0v) is 31.2. The number of hydrogen-bond acceptors (Lipinski definition) is 4. The molecule has 5 nitrogen and oxygen atoms in total. The summed E-state index contributed by atoms with van der Waals surface area (Å²) in [4.78, 5) is 16.2. The predicted octanol–water partition coefficient (Wildman–Crippen LogP) is 13.8. The zero-order chi connectivity index (χ0) is 38.2. The van der Waals surface area contributed by atoms with Crippen LogP contribution in [0.25, 0.3) is 116 Å². The normalized spacial score (nSPS) is 11.8. The molecule has 58 heavy (non-hydrogen) atoms. The number of nitrogens with zero attached hydrogens (tertiary/aromatic N) is 4. The van der Waals surface area contributed by atoms with E-state index in [1.807, 2.05) is 12.1 Å². The first kappa shape index (κ1) is 32.4. The van der Waals surface area contributed by atoms with Crippen LogP contribution in [0.15, 0.2) is 199 Å². The lowest BCUT2D eigenvalue weighted by molar-refractivity contribution is 0.669. The molecule has 0 atom stereocenters. The molecule has 0 aliphatic heterocycles. The molecule has 0 bridgehead atoms. The standard InChI is InChI=1S/C53H32N4O/c1-2-14-33(15-3-1)39-19-8-9-20-40(39)34-26-28-35(29-27-34)51-54-52(50-41-21-7-6-18-38(41)32-48-49(50)43-23-11-13-25-47(43)58-48)56-53(55-51)57-45-24-12-10-22-42(45)44-30-36-16-4-5-17-37(36)31-46(44)57/h1-32H. The minimum Gasteiger partial charge on any atom is -0.456 e. The molecule has 0 aliphatic carbocycles. The van der Waals surface area contributed by atoms with E-state index in [4.69, 9.17) is 19.4 Å². The van der Waals surface area contributed by atoms with Gasteiger partial charge in [0.25, 0.3) is 0 Å². The van der Waals surface area contributed by atoms with Crippen LogP contribution in [0.3, 0.4) is 0 Å². The Morgan fingerprint density at radius 3 is 1.74 bits per heavy atom. The Morgan fingerprint density at radius 2 is 0.948 bits per heavy atom. The topological polar surface area (TPSA) is 56.7 Å². The fraction of sp³-hybridized carbons (Fsp3) is 0. The van der Waals surface area contributed by atoms with Gasteiger partial charge in [0.1, 0.15) is 11.2 Å². The smallest absolute Gasteiger partial charge is 0.238 e. The van der Waals surface area contributed by atoms with Gasteiger partial charge in [-0.1, -0.05) is 164 Å². The molecule has 9 aromatic carbocycles. The Morgan fingerprint density at radius 1 is 0.362 bits per heavy atom. The van der Waals surface area contributed by atoms with Crippen LogP contribution >= 0.6 is 0 Å². The quantitative estimate of drug-likeness (QED) is 0.176. The Balaban J connectivity index is 1.14. The molecule has 0 saturated heterocycles. The highest BCUT2D eigenvalue weighted by molar-refractivity contribution is 6.20. The molecular formula is C53H32N4O. The Bertz CT molecular complexity index is 3560. The first-order valence-electron chi connectivity index (χ1n) is 19.5. The first-order valence-corrected chi connectivity index (χ1v) is 19.5. The number of rotatable bonds is 5. The summed E-state index contributed by atoms with van der Waals surface area (Å²) in [5.74, 6) is 1.72. The highest BCUT2D eigenvalue weighted by Gasteiger charge is 2.23. The minimum absolute atomic E-state index is 0.550. The third-order valence-corrected chi connectivity index (χ3v) is 11.4. The highest BCUT2D eigenvalue weighted by Crippen LogP contribution is 2.42. The number of aromatic nitrogens is 4. The molecule has 0 saturated carbocycles. The van der Waals surface area contributed by atoms with Crippen molar-refractivity contribution in [3.63, 3.8) is 0 Å². The zero-order valence-electron chi connectivity index (χ0n) is 31.2. The molecule has 0 amide bonds. The fourth-order valence-electron chi connectivity index (χ4n) is 8.76. The van der Waals surface area contributed by atoms with Gasteiger partial charge in [0, 0.05) is 32.7 Å². The largest absolute Gasteiger partial charge is 0.456 e. The molecule has 0 aliphatic rings.